The van der Waals surface area contributed by atoms with Gasteiger partial charge in [0.1, 0.15) is 5.92 Å². The summed E-state index contributed by atoms with van der Waals surface area (Å²) in [6, 6.07) is 0. The van der Waals surface area contributed by atoms with E-state index in [4.69, 9.17) is 14.2 Å². The van der Waals surface area contributed by atoms with E-state index in [1.54, 1.807) is 6.92 Å². The Bertz CT molecular complexity index is 206. The van der Waals surface area contributed by atoms with Gasteiger partial charge >= 0.3 is 5.97 Å². The Hall–Kier alpha value is -0.650. The monoisotopic (exact) mass is 218 g/mol. The fourth-order valence-corrected chi connectivity index (χ4v) is 1.53. The summed E-state index contributed by atoms with van der Waals surface area (Å²) in [5, 5.41) is 9.70. The van der Waals surface area contributed by atoms with Gasteiger partial charge in [-0.2, -0.15) is 0 Å². The van der Waals surface area contributed by atoms with Crippen LogP contribution >= 0.6 is 0 Å². The second-order valence-corrected chi connectivity index (χ2v) is 3.38. The van der Waals surface area contributed by atoms with Crippen molar-refractivity contribution in [3.8, 4) is 0 Å². The molecule has 0 aromatic carbocycles. The third kappa shape index (κ3) is 3.44. The summed E-state index contributed by atoms with van der Waals surface area (Å²) in [5.41, 5.74) is 0. The average Bonchev–Trinajstić information content (AvgIpc) is 2.18. The first-order valence-electron chi connectivity index (χ1n) is 5.26. The molecule has 0 spiro atoms. The largest absolute Gasteiger partial charge is 0.466 e. The maximum atomic E-state index is 11.4. The van der Waals surface area contributed by atoms with Gasteiger partial charge in [0.15, 0.2) is 6.29 Å². The van der Waals surface area contributed by atoms with Crippen LogP contribution in [0.4, 0.5) is 0 Å². The highest BCUT2D eigenvalue weighted by Crippen LogP contribution is 2.21. The molecule has 1 N–H and O–H groups in total. The maximum absolute atomic E-state index is 11.4. The van der Waals surface area contributed by atoms with E-state index < -0.39 is 24.3 Å². The number of esters is 1. The lowest BCUT2D eigenvalue weighted by Gasteiger charge is -2.31. The Balaban J connectivity index is 2.41. The van der Waals surface area contributed by atoms with E-state index in [2.05, 4.69) is 0 Å². The van der Waals surface area contributed by atoms with Crippen molar-refractivity contribution in [3.63, 3.8) is 0 Å². The van der Waals surface area contributed by atoms with Crippen molar-refractivity contribution >= 4 is 5.97 Å². The van der Waals surface area contributed by atoms with E-state index in [0.29, 0.717) is 19.6 Å². The van der Waals surface area contributed by atoms with Crippen LogP contribution in [0.5, 0.6) is 0 Å². The summed E-state index contributed by atoms with van der Waals surface area (Å²) in [6.07, 6.45) is -0.831. The van der Waals surface area contributed by atoms with Crippen molar-refractivity contribution in [1.29, 1.82) is 0 Å². The Labute approximate surface area is 89.3 Å². The van der Waals surface area contributed by atoms with E-state index in [1.807, 2.05) is 6.92 Å². The number of aliphatic hydroxyl groups excluding tert-OH is 1. The third-order valence-corrected chi connectivity index (χ3v) is 2.30. The molecule has 0 aromatic heterocycles. The molecule has 0 saturated carbocycles. The predicted octanol–water partition coefficient (Wildman–Crippen LogP) is 0.309. The predicted molar refractivity (Wildman–Crippen MR) is 52.1 cm³/mol. The highest BCUT2D eigenvalue weighted by Gasteiger charge is 2.35. The van der Waals surface area contributed by atoms with E-state index >= 15 is 0 Å². The van der Waals surface area contributed by atoms with Crippen LogP contribution in [0, 0.1) is 5.92 Å². The van der Waals surface area contributed by atoms with E-state index in [9.17, 15) is 9.90 Å². The van der Waals surface area contributed by atoms with Gasteiger partial charge in [0.05, 0.1) is 19.3 Å². The van der Waals surface area contributed by atoms with Crippen molar-refractivity contribution < 1.29 is 24.1 Å². The molecule has 5 nitrogen and oxygen atoms in total. The Morgan fingerprint density at radius 1 is 1.47 bits per heavy atom. The fourth-order valence-electron chi connectivity index (χ4n) is 1.53. The van der Waals surface area contributed by atoms with E-state index in [-0.39, 0.29) is 6.61 Å². The molecule has 15 heavy (non-hydrogen) atoms. The fraction of sp³-hybridized carbons (Fsp3) is 0.900. The number of ether oxygens (including phenoxy) is 3. The Morgan fingerprint density at radius 3 is 2.73 bits per heavy atom. The molecule has 0 bridgehead atoms. The summed E-state index contributed by atoms with van der Waals surface area (Å²) in [6.45, 7) is 4.59. The normalized spacial score (nSPS) is 31.3. The molecule has 1 heterocycles. The molecule has 1 rings (SSSR count). The summed E-state index contributed by atoms with van der Waals surface area (Å²) in [4.78, 5) is 11.4. The standard InChI is InChI=1S/C10H18O5/c1-3-13-9-5-8(11)7(6-15-9)10(12)14-4-2/h7-9,11H,3-6H2,1-2H3/t7-,8-,9-/m1/s1. The molecule has 3 atom stereocenters. The number of hydrogen-bond donors (Lipinski definition) is 1. The molecule has 88 valence electrons. The number of aliphatic hydroxyl groups is 1. The highest BCUT2D eigenvalue weighted by molar-refractivity contribution is 5.73. The lowest BCUT2D eigenvalue weighted by Crippen LogP contribution is -2.43. The number of hydrogen-bond acceptors (Lipinski definition) is 5. The SMILES string of the molecule is CCOC(=O)[C@@H]1CO[C@@H](OCC)C[C@H]1O. The molecule has 1 aliphatic heterocycles. The molecule has 0 aliphatic carbocycles. The van der Waals surface area contributed by atoms with Crippen LogP contribution in [0.2, 0.25) is 0 Å². The lowest BCUT2D eigenvalue weighted by atomic mass is 9.98. The molecular weight excluding hydrogens is 200 g/mol. The smallest absolute Gasteiger partial charge is 0.313 e. The van der Waals surface area contributed by atoms with Gasteiger partial charge in [0.25, 0.3) is 0 Å². The molecule has 5 heteroatoms. The first-order valence-corrected chi connectivity index (χ1v) is 5.26. The van der Waals surface area contributed by atoms with Crippen molar-refractivity contribution in [2.45, 2.75) is 32.7 Å². The molecule has 0 unspecified atom stereocenters. The summed E-state index contributed by atoms with van der Waals surface area (Å²) in [7, 11) is 0. The van der Waals surface area contributed by atoms with Crippen LogP contribution in [-0.2, 0) is 19.0 Å². The van der Waals surface area contributed by atoms with Crippen LogP contribution < -0.4 is 0 Å². The van der Waals surface area contributed by atoms with Gasteiger partial charge in [-0.1, -0.05) is 0 Å². The minimum absolute atomic E-state index is 0.157. The van der Waals surface area contributed by atoms with Crippen LogP contribution in [0.15, 0.2) is 0 Å². The number of rotatable bonds is 4. The second kappa shape index (κ2) is 6.05. The van der Waals surface area contributed by atoms with Gasteiger partial charge in [-0.05, 0) is 13.8 Å². The molecule has 0 aromatic rings. The van der Waals surface area contributed by atoms with Gasteiger partial charge in [-0.15, -0.1) is 0 Å². The second-order valence-electron chi connectivity index (χ2n) is 3.38. The molecular formula is C10H18O5. The van der Waals surface area contributed by atoms with Crippen LogP contribution in [0.3, 0.4) is 0 Å². The average molecular weight is 218 g/mol. The molecule has 0 amide bonds. The van der Waals surface area contributed by atoms with Crippen LogP contribution in [0.25, 0.3) is 0 Å². The minimum atomic E-state index is -0.741. The van der Waals surface area contributed by atoms with Crippen molar-refractivity contribution in [1.82, 2.24) is 0 Å². The van der Waals surface area contributed by atoms with E-state index in [0.717, 1.165) is 0 Å². The number of carbonyl (C=O) groups excluding carboxylic acids is 1. The topological polar surface area (TPSA) is 65.0 Å². The highest BCUT2D eigenvalue weighted by atomic mass is 16.7. The Kier molecular flexibility index (Phi) is 5.01. The molecule has 1 aliphatic rings. The summed E-state index contributed by atoms with van der Waals surface area (Å²) < 4.78 is 15.3. The van der Waals surface area contributed by atoms with Gasteiger partial charge in [0.2, 0.25) is 0 Å². The quantitative estimate of drug-likeness (QED) is 0.688. The lowest BCUT2D eigenvalue weighted by molar-refractivity contribution is -0.208. The first kappa shape index (κ1) is 12.4. The van der Waals surface area contributed by atoms with E-state index in [1.165, 1.54) is 0 Å². The van der Waals surface area contributed by atoms with Crippen molar-refractivity contribution in [2.75, 3.05) is 19.8 Å². The van der Waals surface area contributed by atoms with Gasteiger partial charge in [-0.3, -0.25) is 4.79 Å². The van der Waals surface area contributed by atoms with Gasteiger partial charge in [-0.25, -0.2) is 0 Å². The zero-order valence-corrected chi connectivity index (χ0v) is 9.14. The number of carbonyl (C=O) groups is 1. The summed E-state index contributed by atoms with van der Waals surface area (Å²) >= 11 is 0. The molecule has 0 radical (unpaired) electrons. The van der Waals surface area contributed by atoms with Crippen molar-refractivity contribution in [2.24, 2.45) is 5.92 Å². The van der Waals surface area contributed by atoms with Gasteiger partial charge < -0.3 is 19.3 Å². The zero-order chi connectivity index (χ0) is 11.3. The molecule has 1 fully saturated rings. The summed E-state index contributed by atoms with van der Waals surface area (Å²) in [5.74, 6) is -0.985. The van der Waals surface area contributed by atoms with Crippen LogP contribution in [-0.4, -0.2) is 43.3 Å². The maximum Gasteiger partial charge on any atom is 0.313 e. The Morgan fingerprint density at radius 2 is 2.20 bits per heavy atom. The zero-order valence-electron chi connectivity index (χ0n) is 9.14. The van der Waals surface area contributed by atoms with Crippen LogP contribution in [0.1, 0.15) is 20.3 Å². The molecule has 1 saturated heterocycles. The minimum Gasteiger partial charge on any atom is -0.466 e. The van der Waals surface area contributed by atoms with Crippen molar-refractivity contribution in [3.05, 3.63) is 0 Å². The first-order chi connectivity index (χ1) is 7.19. The van der Waals surface area contributed by atoms with Gasteiger partial charge in [0, 0.05) is 13.0 Å². The third-order valence-electron chi connectivity index (χ3n) is 2.30.